The van der Waals surface area contributed by atoms with E-state index >= 15 is 0 Å². The van der Waals surface area contributed by atoms with Gasteiger partial charge in [0, 0.05) is 18.7 Å². The Balaban J connectivity index is 1.71. The molecule has 248 valence electrons. The highest BCUT2D eigenvalue weighted by molar-refractivity contribution is 7.92. The van der Waals surface area contributed by atoms with Gasteiger partial charge >= 0.3 is 0 Å². The smallest absolute Gasteiger partial charge is 0.264 e. The Morgan fingerprint density at radius 3 is 2.20 bits per heavy atom. The minimum atomic E-state index is -4.29. The highest BCUT2D eigenvalue weighted by atomic mass is 32.2. The quantitative estimate of drug-likeness (QED) is 0.226. The maximum atomic E-state index is 14.3. The molecule has 1 saturated carbocycles. The van der Waals surface area contributed by atoms with Crippen molar-refractivity contribution < 1.29 is 32.2 Å². The van der Waals surface area contributed by atoms with E-state index in [2.05, 4.69) is 5.32 Å². The molecule has 0 radical (unpaired) electrons. The Labute approximate surface area is 272 Å². The number of hydrogen-bond donors (Lipinski definition) is 1. The molecule has 4 rings (SSSR count). The van der Waals surface area contributed by atoms with Gasteiger partial charge in [0.25, 0.3) is 10.0 Å². The van der Waals surface area contributed by atoms with E-state index in [1.54, 1.807) is 24.3 Å². The number of amides is 2. The van der Waals surface area contributed by atoms with E-state index < -0.39 is 28.5 Å². The lowest BCUT2D eigenvalue weighted by molar-refractivity contribution is -0.139. The van der Waals surface area contributed by atoms with Crippen LogP contribution in [0.15, 0.2) is 77.7 Å². The molecule has 0 spiro atoms. The van der Waals surface area contributed by atoms with Gasteiger partial charge < -0.3 is 24.4 Å². The number of anilines is 1. The minimum Gasteiger partial charge on any atom is -0.494 e. The zero-order valence-corrected chi connectivity index (χ0v) is 27.9. The number of ether oxygens (including phenoxy) is 3. The van der Waals surface area contributed by atoms with E-state index in [0.29, 0.717) is 30.9 Å². The molecule has 0 saturated heterocycles. The van der Waals surface area contributed by atoms with Gasteiger partial charge in [0.1, 0.15) is 18.3 Å². The Hall–Kier alpha value is -4.25. The molecule has 0 aromatic heterocycles. The summed E-state index contributed by atoms with van der Waals surface area (Å²) in [5, 5.41) is 3.14. The normalized spacial score (nSPS) is 13.9. The summed E-state index contributed by atoms with van der Waals surface area (Å²) in [5.74, 6) is 0.477. The summed E-state index contributed by atoms with van der Waals surface area (Å²) in [6.07, 6.45) is 4.83. The van der Waals surface area contributed by atoms with Crippen molar-refractivity contribution in [2.45, 2.75) is 69.4 Å². The number of nitrogens with zero attached hydrogens (tertiary/aromatic N) is 2. The van der Waals surface area contributed by atoms with E-state index in [1.807, 2.05) is 44.2 Å². The van der Waals surface area contributed by atoms with E-state index in [9.17, 15) is 18.0 Å². The van der Waals surface area contributed by atoms with E-state index in [1.165, 1.54) is 37.3 Å². The number of carbonyl (C=O) groups excluding carboxylic acids is 2. The summed E-state index contributed by atoms with van der Waals surface area (Å²) in [7, 11) is -1.40. The first-order valence-electron chi connectivity index (χ1n) is 15.8. The van der Waals surface area contributed by atoms with Crippen LogP contribution in [-0.2, 0) is 26.0 Å². The van der Waals surface area contributed by atoms with E-state index in [0.717, 1.165) is 35.6 Å². The summed E-state index contributed by atoms with van der Waals surface area (Å²) in [4.78, 5) is 29.4. The average Bonchev–Trinajstić information content (AvgIpc) is 3.59. The molecule has 1 atom stereocenters. The van der Waals surface area contributed by atoms with E-state index in [4.69, 9.17) is 14.2 Å². The van der Waals surface area contributed by atoms with Crippen molar-refractivity contribution in [1.29, 1.82) is 0 Å². The second-order valence-electron chi connectivity index (χ2n) is 11.2. The van der Waals surface area contributed by atoms with Crippen LogP contribution < -0.4 is 23.8 Å². The standard InChI is InChI=1S/C35H45N3O7S/c1-5-31(35(40)36-27-14-10-11-15-27)37(23-22-26-12-8-7-9-13-26)34(39)25-38(28-16-18-29(19-17-28)45-6-2)46(41,42)30-20-21-32(43-3)33(24-30)44-4/h7-9,12-13,16-21,24,27,31H,5-6,10-11,14-15,22-23,25H2,1-4H3,(H,36,40)/t31-/m1/s1. The number of rotatable bonds is 16. The third-order valence-electron chi connectivity index (χ3n) is 8.23. The van der Waals surface area contributed by atoms with Crippen LogP contribution in [0.4, 0.5) is 5.69 Å². The van der Waals surface area contributed by atoms with Crippen LogP contribution >= 0.6 is 0 Å². The Morgan fingerprint density at radius 2 is 1.59 bits per heavy atom. The van der Waals surface area contributed by atoms with Gasteiger partial charge in [0.2, 0.25) is 11.8 Å². The molecule has 46 heavy (non-hydrogen) atoms. The van der Waals surface area contributed by atoms with Gasteiger partial charge in [-0.2, -0.15) is 0 Å². The van der Waals surface area contributed by atoms with Gasteiger partial charge in [-0.15, -0.1) is 0 Å². The first-order chi connectivity index (χ1) is 22.2. The molecule has 0 heterocycles. The number of benzene rings is 3. The Morgan fingerprint density at radius 1 is 0.913 bits per heavy atom. The van der Waals surface area contributed by atoms with Crippen molar-refractivity contribution in [1.82, 2.24) is 10.2 Å². The molecule has 1 aliphatic rings. The Bertz CT molecular complexity index is 1540. The van der Waals surface area contributed by atoms with Crippen molar-refractivity contribution >= 4 is 27.5 Å². The van der Waals surface area contributed by atoms with Crippen molar-refractivity contribution in [2.24, 2.45) is 0 Å². The van der Waals surface area contributed by atoms with Gasteiger partial charge in [0.15, 0.2) is 11.5 Å². The fourth-order valence-electron chi connectivity index (χ4n) is 5.77. The third kappa shape index (κ3) is 8.51. The van der Waals surface area contributed by atoms with Crippen LogP contribution in [-0.4, -0.2) is 71.1 Å². The summed E-state index contributed by atoms with van der Waals surface area (Å²) < 4.78 is 45.9. The van der Waals surface area contributed by atoms with Crippen LogP contribution in [0.5, 0.6) is 17.2 Å². The number of carbonyl (C=O) groups is 2. The highest BCUT2D eigenvalue weighted by Gasteiger charge is 2.34. The minimum absolute atomic E-state index is 0.0753. The van der Waals surface area contributed by atoms with Crippen molar-refractivity contribution in [3.05, 3.63) is 78.4 Å². The summed E-state index contributed by atoms with van der Waals surface area (Å²) >= 11 is 0. The van der Waals surface area contributed by atoms with Crippen LogP contribution in [0.1, 0.15) is 51.5 Å². The largest absolute Gasteiger partial charge is 0.494 e. The van der Waals surface area contributed by atoms with Gasteiger partial charge in [-0.3, -0.25) is 13.9 Å². The lowest BCUT2D eigenvalue weighted by Gasteiger charge is -2.33. The number of hydrogen-bond acceptors (Lipinski definition) is 7. The molecule has 3 aromatic carbocycles. The fraction of sp³-hybridized carbons (Fsp3) is 0.429. The zero-order valence-electron chi connectivity index (χ0n) is 27.1. The fourth-order valence-corrected chi connectivity index (χ4v) is 7.20. The lowest BCUT2D eigenvalue weighted by atomic mass is 10.1. The molecule has 10 nitrogen and oxygen atoms in total. The molecule has 1 aliphatic carbocycles. The molecule has 0 unspecified atom stereocenters. The highest BCUT2D eigenvalue weighted by Crippen LogP contribution is 2.33. The molecule has 0 aliphatic heterocycles. The van der Waals surface area contributed by atoms with Crippen LogP contribution in [0.3, 0.4) is 0 Å². The Kier molecular flexibility index (Phi) is 12.3. The first kappa shape index (κ1) is 34.6. The monoisotopic (exact) mass is 651 g/mol. The maximum absolute atomic E-state index is 14.3. The van der Waals surface area contributed by atoms with Crippen molar-refractivity contribution in [3.8, 4) is 17.2 Å². The summed E-state index contributed by atoms with van der Waals surface area (Å²) in [6, 6.07) is 19.9. The van der Waals surface area contributed by atoms with Gasteiger partial charge in [-0.1, -0.05) is 50.1 Å². The predicted molar refractivity (Wildman–Crippen MR) is 178 cm³/mol. The molecule has 1 fully saturated rings. The van der Waals surface area contributed by atoms with Gasteiger partial charge in [0.05, 0.1) is 31.4 Å². The van der Waals surface area contributed by atoms with Crippen LogP contribution in [0.2, 0.25) is 0 Å². The van der Waals surface area contributed by atoms with Crippen molar-refractivity contribution in [2.75, 3.05) is 38.2 Å². The topological polar surface area (TPSA) is 114 Å². The first-order valence-corrected chi connectivity index (χ1v) is 17.3. The number of sulfonamides is 1. The van der Waals surface area contributed by atoms with Crippen molar-refractivity contribution in [3.63, 3.8) is 0 Å². The molecule has 2 amide bonds. The maximum Gasteiger partial charge on any atom is 0.264 e. The molecule has 3 aromatic rings. The predicted octanol–water partition coefficient (Wildman–Crippen LogP) is 5.21. The van der Waals surface area contributed by atoms with E-state index in [-0.39, 0.29) is 34.8 Å². The molecule has 0 bridgehead atoms. The second kappa shape index (κ2) is 16.4. The second-order valence-corrected chi connectivity index (χ2v) is 13.1. The average molecular weight is 652 g/mol. The zero-order chi connectivity index (χ0) is 33.1. The molecular formula is C35H45N3O7S. The van der Waals surface area contributed by atoms with Crippen LogP contribution in [0.25, 0.3) is 0 Å². The third-order valence-corrected chi connectivity index (χ3v) is 10.00. The van der Waals surface area contributed by atoms with Crippen LogP contribution in [0, 0.1) is 0 Å². The lowest BCUT2D eigenvalue weighted by Crippen LogP contribution is -2.54. The van der Waals surface area contributed by atoms with Gasteiger partial charge in [-0.25, -0.2) is 8.42 Å². The molecular weight excluding hydrogens is 606 g/mol. The molecule has 1 N–H and O–H groups in total. The molecule has 11 heteroatoms. The number of methoxy groups -OCH3 is 2. The number of nitrogens with one attached hydrogen (secondary N) is 1. The summed E-state index contributed by atoms with van der Waals surface area (Å²) in [5.41, 5.74) is 1.28. The SMILES string of the molecule is CCOc1ccc(N(CC(=O)N(CCc2ccccc2)[C@H](CC)C(=O)NC2CCCC2)S(=O)(=O)c2ccc(OC)c(OC)c2)cc1. The van der Waals surface area contributed by atoms with Gasteiger partial charge in [-0.05, 0) is 74.6 Å². The summed E-state index contributed by atoms with van der Waals surface area (Å²) in [6.45, 7) is 3.90.